The summed E-state index contributed by atoms with van der Waals surface area (Å²) in [6.45, 7) is 11.1. The first kappa shape index (κ1) is 26.5. The van der Waals surface area contributed by atoms with E-state index in [9.17, 15) is 0 Å². The standard InChI is InChI=1S/C24H20B.C10H19Te/c1-5-13-21(14-6-1)25(22-15-7-2-8-16-22,23-17-9-3-10-18-23)24-19-11-4-12-20-24;1-8(2)7-11-9(3)5-6-10(11)4/h1-20H;9-10H,1,5-7H2,2-4H3/q-1;+1. The zero-order valence-electron chi connectivity index (χ0n) is 22.0. The van der Waals surface area contributed by atoms with Crippen molar-refractivity contribution in [2.24, 2.45) is 0 Å². The van der Waals surface area contributed by atoms with E-state index in [0.717, 1.165) is 7.93 Å². The average molecular weight is 586 g/mol. The van der Waals surface area contributed by atoms with Gasteiger partial charge >= 0.3 is 77.7 Å². The Labute approximate surface area is 226 Å². The maximum Gasteiger partial charge on any atom is 0.108 e. The molecule has 5 rings (SSSR count). The number of hydrogen-bond acceptors (Lipinski definition) is 0. The first-order valence-electron chi connectivity index (χ1n) is 13.2. The van der Waals surface area contributed by atoms with Crippen molar-refractivity contribution in [1.82, 2.24) is 0 Å². The molecule has 0 radical (unpaired) electrons. The molecule has 184 valence electrons. The molecule has 2 heteroatoms. The molecule has 1 heterocycles. The van der Waals surface area contributed by atoms with E-state index in [2.05, 4.69) is 149 Å². The van der Waals surface area contributed by atoms with Crippen molar-refractivity contribution in [3.63, 3.8) is 0 Å². The molecule has 2 unspecified atom stereocenters. The first-order valence-corrected chi connectivity index (χ1v) is 17.6. The molecule has 36 heavy (non-hydrogen) atoms. The van der Waals surface area contributed by atoms with Gasteiger partial charge in [0.2, 0.25) is 0 Å². The molecule has 1 fully saturated rings. The molecule has 0 N–H and O–H groups in total. The first-order chi connectivity index (χ1) is 17.5. The monoisotopic (exact) mass is 588 g/mol. The largest absolute Gasteiger partial charge is 0.195 e. The minimum Gasteiger partial charge on any atom is -0.195 e. The minimum atomic E-state index is -1.22. The van der Waals surface area contributed by atoms with Gasteiger partial charge in [-0.1, -0.05) is 121 Å². The molecule has 1 aliphatic heterocycles. The molecular weight excluding hydrogens is 547 g/mol. The predicted octanol–water partition coefficient (Wildman–Crippen LogP) is 6.70. The molecule has 1 aliphatic rings. The maximum absolute atomic E-state index is 4.03. The average Bonchev–Trinajstić information content (AvgIpc) is 3.24. The van der Waals surface area contributed by atoms with Crippen molar-refractivity contribution >= 4 is 47.5 Å². The van der Waals surface area contributed by atoms with Gasteiger partial charge in [0, 0.05) is 0 Å². The number of hydrogen-bond donors (Lipinski definition) is 0. The summed E-state index contributed by atoms with van der Waals surface area (Å²) in [6.07, 6.45) is 1.79. The fourth-order valence-corrected chi connectivity index (χ4v) is 13.9. The zero-order valence-corrected chi connectivity index (χ0v) is 24.3. The van der Waals surface area contributed by atoms with Gasteiger partial charge in [0.25, 0.3) is 0 Å². The van der Waals surface area contributed by atoms with E-state index >= 15 is 0 Å². The smallest absolute Gasteiger partial charge is 0.108 e. The Hall–Kier alpha value is -2.53. The molecule has 2 atom stereocenters. The Morgan fingerprint density at radius 2 is 0.889 bits per heavy atom. The number of benzene rings is 4. The van der Waals surface area contributed by atoms with Crippen molar-refractivity contribution < 1.29 is 0 Å². The van der Waals surface area contributed by atoms with Crippen LogP contribution in [0.5, 0.6) is 0 Å². The fraction of sp³-hybridized carbons (Fsp3) is 0.235. The van der Waals surface area contributed by atoms with Gasteiger partial charge in [0.05, 0.1) is 0 Å². The Balaban J connectivity index is 0.000000233. The molecule has 0 amide bonds. The van der Waals surface area contributed by atoms with E-state index in [1.165, 1.54) is 44.7 Å². The molecule has 0 spiro atoms. The van der Waals surface area contributed by atoms with Gasteiger partial charge in [-0.3, -0.25) is 0 Å². The Bertz CT molecular complexity index is 1030. The molecule has 4 aromatic carbocycles. The molecule has 0 aliphatic carbocycles. The molecule has 0 saturated carbocycles. The van der Waals surface area contributed by atoms with E-state index < -0.39 is 25.7 Å². The molecule has 0 aromatic heterocycles. The van der Waals surface area contributed by atoms with Gasteiger partial charge < -0.3 is 0 Å². The van der Waals surface area contributed by atoms with Crippen LogP contribution in [-0.4, -0.2) is 25.7 Å². The van der Waals surface area contributed by atoms with Crippen LogP contribution in [0.25, 0.3) is 0 Å². The van der Waals surface area contributed by atoms with Crippen molar-refractivity contribution in [2.45, 2.75) is 46.0 Å². The van der Waals surface area contributed by atoms with Gasteiger partial charge in [-0.15, -0.1) is 0 Å². The number of rotatable bonds is 6. The fourth-order valence-electron chi connectivity index (χ4n) is 5.86. The van der Waals surface area contributed by atoms with Gasteiger partial charge in [-0.05, 0) is 0 Å². The third-order valence-electron chi connectivity index (χ3n) is 7.62. The second kappa shape index (κ2) is 12.6. The summed E-state index contributed by atoms with van der Waals surface area (Å²) in [5.41, 5.74) is 6.79. The Morgan fingerprint density at radius 1 is 0.611 bits per heavy atom. The molecular formula is C34H39BTe. The number of allylic oxidation sites excluding steroid dienone is 1. The molecule has 1 saturated heterocycles. The van der Waals surface area contributed by atoms with Crippen molar-refractivity contribution in [1.29, 1.82) is 0 Å². The van der Waals surface area contributed by atoms with Crippen LogP contribution in [0.1, 0.15) is 33.6 Å². The van der Waals surface area contributed by atoms with Gasteiger partial charge in [0.15, 0.2) is 0 Å². The van der Waals surface area contributed by atoms with Crippen LogP contribution in [0.4, 0.5) is 0 Å². The molecule has 4 aromatic rings. The second-order valence-corrected chi connectivity index (χ2v) is 18.4. The zero-order chi connectivity index (χ0) is 25.4. The summed E-state index contributed by atoms with van der Waals surface area (Å²) in [6, 6.07) is 43.5. The van der Waals surface area contributed by atoms with E-state index in [1.807, 2.05) is 0 Å². The van der Waals surface area contributed by atoms with Gasteiger partial charge in [-0.2, -0.15) is 21.9 Å². The van der Waals surface area contributed by atoms with E-state index in [-0.39, 0.29) is 0 Å². The third-order valence-corrected chi connectivity index (χ3v) is 17.2. The second-order valence-electron chi connectivity index (χ2n) is 10.3. The molecule has 0 nitrogen and oxygen atoms in total. The van der Waals surface area contributed by atoms with E-state index in [1.54, 1.807) is 0 Å². The van der Waals surface area contributed by atoms with Crippen LogP contribution < -0.4 is 21.9 Å². The van der Waals surface area contributed by atoms with Crippen LogP contribution in [-0.2, 0) is 0 Å². The predicted molar refractivity (Wildman–Crippen MR) is 164 cm³/mol. The minimum absolute atomic E-state index is 0.729. The summed E-state index contributed by atoms with van der Waals surface area (Å²) in [5.74, 6) is 0. The van der Waals surface area contributed by atoms with Crippen molar-refractivity contribution in [2.75, 3.05) is 0 Å². The van der Waals surface area contributed by atoms with Crippen LogP contribution in [0, 0.1) is 0 Å². The quantitative estimate of drug-likeness (QED) is 0.175. The topological polar surface area (TPSA) is 0 Å². The summed E-state index contributed by atoms with van der Waals surface area (Å²) >= 11 is -0.729. The van der Waals surface area contributed by atoms with Crippen LogP contribution in [0.2, 0.25) is 12.4 Å². The summed E-state index contributed by atoms with van der Waals surface area (Å²) < 4.78 is 3.63. The van der Waals surface area contributed by atoms with E-state index in [0.29, 0.717) is 0 Å². The Kier molecular flexibility index (Phi) is 9.31. The van der Waals surface area contributed by atoms with Crippen LogP contribution >= 0.6 is 0 Å². The summed E-state index contributed by atoms with van der Waals surface area (Å²) in [5, 5.41) is 0. The van der Waals surface area contributed by atoms with E-state index in [4.69, 9.17) is 0 Å². The van der Waals surface area contributed by atoms with Crippen LogP contribution in [0.15, 0.2) is 133 Å². The van der Waals surface area contributed by atoms with Gasteiger partial charge in [-0.25, -0.2) is 0 Å². The Morgan fingerprint density at radius 3 is 1.14 bits per heavy atom. The normalized spacial score (nSPS) is 17.8. The van der Waals surface area contributed by atoms with Crippen molar-refractivity contribution in [3.8, 4) is 0 Å². The summed E-state index contributed by atoms with van der Waals surface area (Å²) in [7, 11) is 0. The summed E-state index contributed by atoms with van der Waals surface area (Å²) in [4.78, 5) is 0. The third kappa shape index (κ3) is 5.89. The van der Waals surface area contributed by atoms with Crippen molar-refractivity contribution in [3.05, 3.63) is 133 Å². The maximum atomic E-state index is 4.03. The molecule has 0 bridgehead atoms. The SMILES string of the molecule is C=C(C)C[Te+]1C(C)CCC1C.c1ccc([B-](c2ccccc2)(c2ccccc2)c2ccccc2)cc1. The van der Waals surface area contributed by atoms with Crippen LogP contribution in [0.3, 0.4) is 0 Å². The van der Waals surface area contributed by atoms with Gasteiger partial charge in [0.1, 0.15) is 6.15 Å².